The van der Waals surface area contributed by atoms with Crippen molar-refractivity contribution in [1.29, 1.82) is 0 Å². The fraction of sp³-hybridized carbons (Fsp3) is 0.944. The van der Waals surface area contributed by atoms with Gasteiger partial charge in [-0.15, -0.1) is 0 Å². The number of nitrogens with zero attached hydrogens (tertiary/aromatic N) is 2. The number of rotatable bonds is 27. The number of hydrogen-bond donors (Lipinski definition) is 0. The maximum atomic E-state index is 13.4. The molecule has 2 aliphatic rings. The fourth-order valence-corrected chi connectivity index (χ4v) is 11.2. The van der Waals surface area contributed by atoms with Crippen LogP contribution < -0.4 is 0 Å². The zero-order valence-electron chi connectivity index (χ0n) is 31.7. The van der Waals surface area contributed by atoms with E-state index in [0.717, 1.165) is 89.4 Å². The second-order valence-electron chi connectivity index (χ2n) is 13.9. The molecule has 0 aromatic rings. The molecule has 0 aliphatic heterocycles. The van der Waals surface area contributed by atoms with Crippen molar-refractivity contribution in [3.63, 3.8) is 0 Å². The minimum absolute atomic E-state index is 0.311. The molecule has 48 heavy (non-hydrogen) atoms. The van der Waals surface area contributed by atoms with Crippen molar-refractivity contribution in [3.05, 3.63) is 0 Å². The Balaban J connectivity index is 1.65. The van der Waals surface area contributed by atoms with E-state index in [9.17, 15) is 9.59 Å². The van der Waals surface area contributed by atoms with Crippen LogP contribution in [0, 0.1) is 0 Å². The fourth-order valence-electron chi connectivity index (χ4n) is 7.75. The molecule has 0 bridgehead atoms. The van der Waals surface area contributed by atoms with E-state index >= 15 is 0 Å². The summed E-state index contributed by atoms with van der Waals surface area (Å²) >= 11 is 0. The molecule has 10 nitrogen and oxygen atoms in total. The van der Waals surface area contributed by atoms with Crippen molar-refractivity contribution in [2.24, 2.45) is 0 Å². The monoisotopic (exact) mass is 716 g/mol. The molecule has 0 saturated heterocycles. The third-order valence-electron chi connectivity index (χ3n) is 10.8. The summed E-state index contributed by atoms with van der Waals surface area (Å²) in [5, 5.41) is 0. The van der Waals surface area contributed by atoms with Gasteiger partial charge in [0.15, 0.2) is 0 Å². The molecule has 0 unspecified atom stereocenters. The molecular formula is C36H72N2O8Si2. The lowest BCUT2D eigenvalue weighted by molar-refractivity contribution is -0.135. The molecule has 2 amide bonds. The van der Waals surface area contributed by atoms with Gasteiger partial charge in [0.2, 0.25) is 11.8 Å². The zero-order chi connectivity index (χ0) is 35.1. The average molecular weight is 717 g/mol. The van der Waals surface area contributed by atoms with Crippen LogP contribution in [-0.4, -0.2) is 107 Å². The van der Waals surface area contributed by atoms with Crippen LogP contribution in [0.2, 0.25) is 12.1 Å². The highest BCUT2D eigenvalue weighted by molar-refractivity contribution is 6.60. The van der Waals surface area contributed by atoms with Crippen molar-refractivity contribution in [1.82, 2.24) is 9.80 Å². The van der Waals surface area contributed by atoms with Gasteiger partial charge in [-0.05, 0) is 51.4 Å². The van der Waals surface area contributed by atoms with E-state index in [0.29, 0.717) is 36.7 Å². The van der Waals surface area contributed by atoms with Crippen LogP contribution in [0.4, 0.5) is 0 Å². The summed E-state index contributed by atoms with van der Waals surface area (Å²) in [6.07, 6.45) is 23.7. The average Bonchev–Trinajstić information content (AvgIpc) is 3.13. The predicted octanol–water partition coefficient (Wildman–Crippen LogP) is 7.75. The van der Waals surface area contributed by atoms with Crippen molar-refractivity contribution in [2.75, 3.05) is 55.7 Å². The lowest BCUT2D eigenvalue weighted by atomic mass is 9.93. The van der Waals surface area contributed by atoms with Gasteiger partial charge in [0.25, 0.3) is 0 Å². The smallest absolute Gasteiger partial charge is 0.377 e. The molecule has 0 heterocycles. The van der Waals surface area contributed by atoms with Gasteiger partial charge in [0, 0.05) is 92.8 Å². The molecule has 0 N–H and O–H groups in total. The zero-order valence-corrected chi connectivity index (χ0v) is 33.7. The Kier molecular flexibility index (Phi) is 22.7. The largest absolute Gasteiger partial charge is 0.500 e. The first-order valence-corrected chi connectivity index (χ1v) is 23.1. The van der Waals surface area contributed by atoms with Crippen molar-refractivity contribution in [3.8, 4) is 0 Å². The van der Waals surface area contributed by atoms with E-state index in [1.54, 1.807) is 42.7 Å². The standard InChI is InChI=1S/C36H72N2O8Si2/c1-41-47(42-2,43-3)31-21-29-37(33-23-15-13-16-24-33)35(39)27-19-11-9-7-8-10-12-20-28-36(40)38(34-25-17-14-18-26-34)30-22-32-48(44-4,45-5)46-6/h33-34H,7-32H2,1-6H3. The van der Waals surface area contributed by atoms with Gasteiger partial charge in [-0.2, -0.15) is 0 Å². The molecule has 2 fully saturated rings. The molecular weight excluding hydrogens is 645 g/mol. The Morgan fingerprint density at radius 3 is 1.04 bits per heavy atom. The summed E-state index contributed by atoms with van der Waals surface area (Å²) in [6, 6.07) is 2.19. The molecule has 2 aliphatic carbocycles. The first-order chi connectivity index (χ1) is 23.3. The third-order valence-corrected chi connectivity index (χ3v) is 16.5. The topological polar surface area (TPSA) is 96.0 Å². The molecule has 12 heteroatoms. The second kappa shape index (κ2) is 25.1. The van der Waals surface area contributed by atoms with E-state index < -0.39 is 17.6 Å². The highest BCUT2D eigenvalue weighted by atomic mass is 28.4. The van der Waals surface area contributed by atoms with E-state index in [4.69, 9.17) is 26.6 Å². The number of carbonyl (C=O) groups is 2. The number of carbonyl (C=O) groups excluding carboxylic acids is 2. The van der Waals surface area contributed by atoms with Crippen molar-refractivity contribution < 1.29 is 36.1 Å². The quantitative estimate of drug-likeness (QED) is 0.0630. The Morgan fingerprint density at radius 1 is 0.458 bits per heavy atom. The summed E-state index contributed by atoms with van der Waals surface area (Å²) in [5.41, 5.74) is 0. The van der Waals surface area contributed by atoms with Gasteiger partial charge in [-0.3, -0.25) is 9.59 Å². The third kappa shape index (κ3) is 15.2. The van der Waals surface area contributed by atoms with E-state index in [2.05, 4.69) is 9.80 Å². The summed E-state index contributed by atoms with van der Waals surface area (Å²) < 4.78 is 33.6. The van der Waals surface area contributed by atoms with Gasteiger partial charge < -0.3 is 36.4 Å². The Labute approximate surface area is 296 Å². The number of hydrogen-bond acceptors (Lipinski definition) is 8. The predicted molar refractivity (Wildman–Crippen MR) is 196 cm³/mol. The van der Waals surface area contributed by atoms with Crippen LogP contribution in [-0.2, 0) is 36.1 Å². The summed E-state index contributed by atoms with van der Waals surface area (Å²) in [4.78, 5) is 31.1. The van der Waals surface area contributed by atoms with E-state index in [1.165, 1.54) is 64.2 Å². The summed E-state index contributed by atoms with van der Waals surface area (Å²) in [6.45, 7) is 1.51. The maximum absolute atomic E-state index is 13.4. The van der Waals surface area contributed by atoms with Gasteiger partial charge in [-0.25, -0.2) is 0 Å². The van der Waals surface area contributed by atoms with E-state index in [1.807, 2.05) is 0 Å². The molecule has 0 aromatic heterocycles. The summed E-state index contributed by atoms with van der Waals surface area (Å²) in [5.74, 6) is 0.622. The molecule has 0 aromatic carbocycles. The van der Waals surface area contributed by atoms with Gasteiger partial charge in [0.1, 0.15) is 0 Å². The first kappa shape index (κ1) is 43.3. The van der Waals surface area contributed by atoms with Crippen LogP contribution in [0.25, 0.3) is 0 Å². The van der Waals surface area contributed by atoms with Crippen molar-refractivity contribution >= 4 is 29.4 Å². The molecule has 282 valence electrons. The normalized spacial score (nSPS) is 16.7. The van der Waals surface area contributed by atoms with E-state index in [-0.39, 0.29) is 0 Å². The van der Waals surface area contributed by atoms with Crippen molar-refractivity contribution in [2.45, 2.75) is 165 Å². The lowest BCUT2D eigenvalue weighted by Gasteiger charge is -2.35. The molecule has 2 saturated carbocycles. The van der Waals surface area contributed by atoms with Gasteiger partial charge in [0.05, 0.1) is 0 Å². The summed E-state index contributed by atoms with van der Waals surface area (Å²) in [7, 11) is 4.67. The Hall–Kier alpha value is -0.866. The maximum Gasteiger partial charge on any atom is 0.500 e. The minimum Gasteiger partial charge on any atom is -0.377 e. The van der Waals surface area contributed by atoms with Crippen LogP contribution in [0.1, 0.15) is 141 Å². The van der Waals surface area contributed by atoms with Gasteiger partial charge in [-0.1, -0.05) is 77.0 Å². The molecule has 0 radical (unpaired) electrons. The molecule has 2 rings (SSSR count). The Morgan fingerprint density at radius 2 is 0.750 bits per heavy atom. The van der Waals surface area contributed by atoms with Crippen LogP contribution in [0.5, 0.6) is 0 Å². The molecule has 0 atom stereocenters. The second-order valence-corrected chi connectivity index (χ2v) is 20.1. The van der Waals surface area contributed by atoms with Crippen LogP contribution in [0.15, 0.2) is 0 Å². The number of unbranched alkanes of at least 4 members (excludes halogenated alkanes) is 7. The molecule has 0 spiro atoms. The highest BCUT2D eigenvalue weighted by Gasteiger charge is 2.39. The Bertz CT molecular complexity index is 765. The van der Waals surface area contributed by atoms with Gasteiger partial charge >= 0.3 is 17.6 Å². The highest BCUT2D eigenvalue weighted by Crippen LogP contribution is 2.27. The van der Waals surface area contributed by atoms with Crippen LogP contribution >= 0.6 is 0 Å². The van der Waals surface area contributed by atoms with Crippen LogP contribution in [0.3, 0.4) is 0 Å². The first-order valence-electron chi connectivity index (χ1n) is 19.2. The minimum atomic E-state index is -2.62. The number of amides is 2. The lowest BCUT2D eigenvalue weighted by Crippen LogP contribution is -2.45. The SMILES string of the molecule is CO[Si](CCCN(C(=O)CCCCCCCCCCC(=O)N(CCC[Si](OC)(OC)OC)C1CCCCC1)C1CCCCC1)(OC)OC.